The number of nitrogens with zero attached hydrogens (tertiary/aromatic N) is 3. The number of morpholine rings is 1. The van der Waals surface area contributed by atoms with Crippen molar-refractivity contribution in [2.75, 3.05) is 65.6 Å². The van der Waals surface area contributed by atoms with Crippen molar-refractivity contribution in [2.24, 2.45) is 0 Å². The quantitative estimate of drug-likeness (QED) is 0.736. The fraction of sp³-hybridized carbons (Fsp3) is 0.846. The topological polar surface area (TPSA) is 65.1 Å². The first-order valence-corrected chi connectivity index (χ1v) is 7.31. The number of piperazine rings is 1. The van der Waals surface area contributed by atoms with Gasteiger partial charge in [0, 0.05) is 45.8 Å². The Morgan fingerprint density at radius 3 is 2.20 bits per heavy atom. The number of hydrogen-bond acceptors (Lipinski definition) is 4. The van der Waals surface area contributed by atoms with Gasteiger partial charge in [0.25, 0.3) is 0 Å². The summed E-state index contributed by atoms with van der Waals surface area (Å²) < 4.78 is 5.26. The van der Waals surface area contributed by atoms with Crippen LogP contribution in [0.2, 0.25) is 0 Å². The van der Waals surface area contributed by atoms with E-state index in [4.69, 9.17) is 4.74 Å². The number of likely N-dealkylation sites (N-methyl/N-ethyl adjacent to an activating group) is 1. The Bertz CT molecular complexity index is 337. The van der Waals surface area contributed by atoms with Gasteiger partial charge in [-0.25, -0.2) is 4.79 Å². The summed E-state index contributed by atoms with van der Waals surface area (Å²) >= 11 is 0. The van der Waals surface area contributed by atoms with Crippen LogP contribution < -0.4 is 5.32 Å². The third-order valence-electron chi connectivity index (χ3n) is 3.67. The van der Waals surface area contributed by atoms with Gasteiger partial charge in [-0.05, 0) is 6.92 Å². The van der Waals surface area contributed by atoms with Crippen LogP contribution in [0.25, 0.3) is 0 Å². The number of amides is 3. The molecule has 0 radical (unpaired) electrons. The average Bonchev–Trinajstić information content (AvgIpc) is 2.48. The minimum Gasteiger partial charge on any atom is -0.378 e. The lowest BCUT2D eigenvalue weighted by Crippen LogP contribution is -2.55. The van der Waals surface area contributed by atoms with Gasteiger partial charge in [-0.2, -0.15) is 0 Å². The van der Waals surface area contributed by atoms with E-state index in [9.17, 15) is 9.59 Å². The van der Waals surface area contributed by atoms with Gasteiger partial charge in [0.05, 0.1) is 19.8 Å². The first-order valence-electron chi connectivity index (χ1n) is 7.31. The van der Waals surface area contributed by atoms with Crippen LogP contribution in [0, 0.1) is 0 Å². The molecule has 0 saturated carbocycles. The van der Waals surface area contributed by atoms with Crippen molar-refractivity contribution in [1.29, 1.82) is 0 Å². The fourth-order valence-corrected chi connectivity index (χ4v) is 2.51. The number of carbonyl (C=O) groups excluding carboxylic acids is 2. The molecule has 2 heterocycles. The maximum absolute atomic E-state index is 12.3. The van der Waals surface area contributed by atoms with Crippen LogP contribution in [0.1, 0.15) is 6.92 Å². The highest BCUT2D eigenvalue weighted by Gasteiger charge is 2.26. The molecule has 0 aliphatic carbocycles. The van der Waals surface area contributed by atoms with E-state index in [1.165, 1.54) is 0 Å². The molecular formula is C13H24N4O3. The number of carbonyl (C=O) groups is 2. The predicted molar refractivity (Wildman–Crippen MR) is 74.5 cm³/mol. The van der Waals surface area contributed by atoms with Crippen molar-refractivity contribution in [3.8, 4) is 0 Å². The third kappa shape index (κ3) is 4.08. The summed E-state index contributed by atoms with van der Waals surface area (Å²) in [5, 5.41) is 2.80. The van der Waals surface area contributed by atoms with Gasteiger partial charge >= 0.3 is 6.03 Å². The van der Waals surface area contributed by atoms with Crippen LogP contribution in [0.15, 0.2) is 0 Å². The van der Waals surface area contributed by atoms with E-state index in [2.05, 4.69) is 10.2 Å². The second-order valence-electron chi connectivity index (χ2n) is 5.10. The van der Waals surface area contributed by atoms with Crippen molar-refractivity contribution in [3.63, 3.8) is 0 Å². The zero-order chi connectivity index (χ0) is 14.4. The zero-order valence-electron chi connectivity index (χ0n) is 12.1. The van der Waals surface area contributed by atoms with Crippen LogP contribution in [0.3, 0.4) is 0 Å². The monoisotopic (exact) mass is 284 g/mol. The molecule has 2 aliphatic heterocycles. The summed E-state index contributed by atoms with van der Waals surface area (Å²) in [7, 11) is 0. The Balaban J connectivity index is 1.73. The van der Waals surface area contributed by atoms with Gasteiger partial charge in [-0.15, -0.1) is 0 Å². The molecule has 2 saturated heterocycles. The number of urea groups is 1. The highest BCUT2D eigenvalue weighted by atomic mass is 16.5. The van der Waals surface area contributed by atoms with Crippen LogP contribution in [0.5, 0.6) is 0 Å². The molecule has 0 spiro atoms. The number of ether oxygens (including phenoxy) is 1. The number of hydrogen-bond donors (Lipinski definition) is 1. The van der Waals surface area contributed by atoms with E-state index in [1.54, 1.807) is 0 Å². The van der Waals surface area contributed by atoms with E-state index in [-0.39, 0.29) is 11.9 Å². The van der Waals surface area contributed by atoms with E-state index in [0.29, 0.717) is 52.5 Å². The smallest absolute Gasteiger partial charge is 0.320 e. The van der Waals surface area contributed by atoms with Crippen LogP contribution in [-0.2, 0) is 9.53 Å². The third-order valence-corrected chi connectivity index (χ3v) is 3.67. The minimum atomic E-state index is 0.0560. The molecular weight excluding hydrogens is 260 g/mol. The molecule has 0 unspecified atom stereocenters. The summed E-state index contributed by atoms with van der Waals surface area (Å²) in [6, 6.07) is 0.103. The molecule has 7 heteroatoms. The lowest BCUT2D eigenvalue weighted by atomic mass is 10.3. The maximum atomic E-state index is 12.3. The molecule has 2 rings (SSSR count). The Hall–Kier alpha value is -1.34. The molecule has 7 nitrogen and oxygen atoms in total. The van der Waals surface area contributed by atoms with Crippen molar-refractivity contribution in [3.05, 3.63) is 0 Å². The number of rotatable bonds is 3. The average molecular weight is 284 g/mol. The van der Waals surface area contributed by atoms with E-state index in [0.717, 1.165) is 13.1 Å². The summed E-state index contributed by atoms with van der Waals surface area (Å²) in [4.78, 5) is 29.6. The first-order chi connectivity index (χ1) is 9.70. The Kier molecular flexibility index (Phi) is 5.60. The molecule has 20 heavy (non-hydrogen) atoms. The molecule has 0 bridgehead atoms. The molecule has 1 N–H and O–H groups in total. The Morgan fingerprint density at radius 2 is 1.60 bits per heavy atom. The molecule has 0 aromatic rings. The highest BCUT2D eigenvalue weighted by Crippen LogP contribution is 2.07. The summed E-state index contributed by atoms with van der Waals surface area (Å²) in [6.07, 6.45) is 0. The lowest BCUT2D eigenvalue weighted by molar-refractivity contribution is -0.122. The second kappa shape index (κ2) is 7.44. The van der Waals surface area contributed by atoms with Gasteiger partial charge in [-0.1, -0.05) is 0 Å². The highest BCUT2D eigenvalue weighted by molar-refractivity contribution is 5.78. The van der Waals surface area contributed by atoms with Crippen molar-refractivity contribution in [2.45, 2.75) is 6.92 Å². The summed E-state index contributed by atoms with van der Waals surface area (Å²) in [5.74, 6) is 0.0560. The lowest BCUT2D eigenvalue weighted by Gasteiger charge is -2.38. The largest absolute Gasteiger partial charge is 0.378 e. The minimum absolute atomic E-state index is 0.0560. The van der Waals surface area contributed by atoms with Gasteiger partial charge in [-0.3, -0.25) is 9.69 Å². The van der Waals surface area contributed by atoms with Gasteiger partial charge < -0.3 is 19.9 Å². The molecule has 3 amide bonds. The maximum Gasteiger partial charge on any atom is 0.320 e. The van der Waals surface area contributed by atoms with Crippen LogP contribution >= 0.6 is 0 Å². The predicted octanol–water partition coefficient (Wildman–Crippen LogP) is -0.808. The van der Waals surface area contributed by atoms with E-state index in [1.807, 2.05) is 16.7 Å². The van der Waals surface area contributed by atoms with Crippen molar-refractivity contribution in [1.82, 2.24) is 20.0 Å². The van der Waals surface area contributed by atoms with Gasteiger partial charge in [0.2, 0.25) is 5.91 Å². The zero-order valence-corrected chi connectivity index (χ0v) is 12.1. The summed E-state index contributed by atoms with van der Waals surface area (Å²) in [6.45, 7) is 8.51. The van der Waals surface area contributed by atoms with Crippen molar-refractivity contribution >= 4 is 11.9 Å². The van der Waals surface area contributed by atoms with Crippen LogP contribution in [-0.4, -0.2) is 92.2 Å². The molecule has 114 valence electrons. The molecule has 0 aromatic carbocycles. The van der Waals surface area contributed by atoms with E-state index < -0.39 is 0 Å². The molecule has 0 aromatic heterocycles. The Morgan fingerprint density at radius 1 is 1.00 bits per heavy atom. The fourth-order valence-electron chi connectivity index (χ4n) is 2.51. The van der Waals surface area contributed by atoms with Crippen molar-refractivity contribution < 1.29 is 14.3 Å². The SMILES string of the molecule is CCNC(=O)CN1CCN(C(=O)N2CCOCC2)CC1. The standard InChI is InChI=1S/C13H24N4O3/c1-2-14-12(18)11-15-3-5-16(6-4-15)13(19)17-7-9-20-10-8-17/h2-11H2,1H3,(H,14,18). The van der Waals surface area contributed by atoms with Gasteiger partial charge in [0.1, 0.15) is 0 Å². The van der Waals surface area contributed by atoms with E-state index >= 15 is 0 Å². The normalized spacial score (nSPS) is 20.9. The van der Waals surface area contributed by atoms with Crippen LogP contribution in [0.4, 0.5) is 4.79 Å². The van der Waals surface area contributed by atoms with Gasteiger partial charge in [0.15, 0.2) is 0 Å². The second-order valence-corrected chi connectivity index (χ2v) is 5.10. The Labute approximate surface area is 119 Å². The summed E-state index contributed by atoms with van der Waals surface area (Å²) in [5.41, 5.74) is 0. The first kappa shape index (κ1) is 15.1. The molecule has 2 fully saturated rings. The molecule has 2 aliphatic rings. The molecule has 0 atom stereocenters. The number of nitrogens with one attached hydrogen (secondary N) is 1.